The number of aryl methyl sites for hydroxylation is 2. The van der Waals surface area contributed by atoms with Gasteiger partial charge in [0, 0.05) is 10.3 Å². The standard InChI is InChI=1S/C15H16N2OS/c1-9-4-3-5-11-8-12(18-14(9)11)13(17-16)15-10(2)6-7-19-15/h3-8,13,17H,16H2,1-2H3. The first kappa shape index (κ1) is 12.4. The summed E-state index contributed by atoms with van der Waals surface area (Å²) in [6.07, 6.45) is 0. The van der Waals surface area contributed by atoms with Crippen LogP contribution >= 0.6 is 11.3 Å². The second kappa shape index (κ2) is 4.81. The van der Waals surface area contributed by atoms with Gasteiger partial charge in [-0.1, -0.05) is 18.2 Å². The minimum Gasteiger partial charge on any atom is -0.459 e. The zero-order chi connectivity index (χ0) is 13.4. The Hall–Kier alpha value is -1.62. The Kier molecular flexibility index (Phi) is 3.14. The third-order valence-corrected chi connectivity index (χ3v) is 4.46. The lowest BCUT2D eigenvalue weighted by atomic mass is 10.1. The zero-order valence-corrected chi connectivity index (χ0v) is 11.8. The molecule has 0 radical (unpaired) electrons. The Labute approximate surface area is 116 Å². The highest BCUT2D eigenvalue weighted by Crippen LogP contribution is 2.33. The van der Waals surface area contributed by atoms with Crippen LogP contribution in [-0.2, 0) is 0 Å². The lowest BCUT2D eigenvalue weighted by Gasteiger charge is -2.12. The predicted molar refractivity (Wildman–Crippen MR) is 79.2 cm³/mol. The van der Waals surface area contributed by atoms with Gasteiger partial charge in [-0.15, -0.1) is 11.3 Å². The number of hydrogen-bond acceptors (Lipinski definition) is 4. The molecule has 0 fully saturated rings. The molecule has 0 aliphatic carbocycles. The number of hydrazine groups is 1. The number of para-hydroxylation sites is 1. The molecule has 1 atom stereocenters. The van der Waals surface area contributed by atoms with Crippen molar-refractivity contribution < 1.29 is 4.42 Å². The summed E-state index contributed by atoms with van der Waals surface area (Å²) in [7, 11) is 0. The molecule has 0 aliphatic rings. The zero-order valence-electron chi connectivity index (χ0n) is 10.9. The van der Waals surface area contributed by atoms with E-state index in [9.17, 15) is 0 Å². The lowest BCUT2D eigenvalue weighted by Crippen LogP contribution is -2.28. The predicted octanol–water partition coefficient (Wildman–Crippen LogP) is 3.66. The summed E-state index contributed by atoms with van der Waals surface area (Å²) in [6.45, 7) is 4.14. The molecule has 3 aromatic rings. The van der Waals surface area contributed by atoms with Crippen LogP contribution < -0.4 is 11.3 Å². The number of rotatable bonds is 3. The van der Waals surface area contributed by atoms with Crippen molar-refractivity contribution in [2.45, 2.75) is 19.9 Å². The second-order valence-corrected chi connectivity index (χ2v) is 5.66. The van der Waals surface area contributed by atoms with Crippen molar-refractivity contribution in [2.24, 2.45) is 5.84 Å². The molecule has 3 rings (SSSR count). The molecule has 0 spiro atoms. The van der Waals surface area contributed by atoms with Crippen LogP contribution in [0.25, 0.3) is 11.0 Å². The van der Waals surface area contributed by atoms with E-state index in [1.807, 2.05) is 6.07 Å². The molecule has 0 saturated carbocycles. The topological polar surface area (TPSA) is 51.2 Å². The lowest BCUT2D eigenvalue weighted by molar-refractivity contribution is 0.479. The van der Waals surface area contributed by atoms with Crippen LogP contribution in [0.2, 0.25) is 0 Å². The summed E-state index contributed by atoms with van der Waals surface area (Å²) in [5.41, 5.74) is 6.16. The van der Waals surface area contributed by atoms with Crippen molar-refractivity contribution in [3.05, 3.63) is 57.5 Å². The Bertz CT molecular complexity index is 714. The van der Waals surface area contributed by atoms with Gasteiger partial charge in [0.15, 0.2) is 0 Å². The van der Waals surface area contributed by atoms with E-state index in [2.05, 4.69) is 48.9 Å². The SMILES string of the molecule is Cc1ccsc1C(NN)c1cc2cccc(C)c2o1. The van der Waals surface area contributed by atoms with E-state index in [1.165, 1.54) is 10.4 Å². The van der Waals surface area contributed by atoms with Crippen LogP contribution in [-0.4, -0.2) is 0 Å². The summed E-state index contributed by atoms with van der Waals surface area (Å²) in [5.74, 6) is 6.58. The van der Waals surface area contributed by atoms with Gasteiger partial charge in [-0.2, -0.15) is 0 Å². The van der Waals surface area contributed by atoms with Crippen molar-refractivity contribution >= 4 is 22.3 Å². The molecule has 1 unspecified atom stereocenters. The summed E-state index contributed by atoms with van der Waals surface area (Å²) >= 11 is 1.69. The number of nitrogens with one attached hydrogen (secondary N) is 1. The van der Waals surface area contributed by atoms with E-state index >= 15 is 0 Å². The monoisotopic (exact) mass is 272 g/mol. The number of nitrogens with two attached hydrogens (primary N) is 1. The highest BCUT2D eigenvalue weighted by atomic mass is 32.1. The fraction of sp³-hybridized carbons (Fsp3) is 0.200. The number of benzene rings is 1. The molecule has 3 nitrogen and oxygen atoms in total. The summed E-state index contributed by atoms with van der Waals surface area (Å²) in [6, 6.07) is 10.2. The van der Waals surface area contributed by atoms with Gasteiger partial charge < -0.3 is 4.42 Å². The summed E-state index contributed by atoms with van der Waals surface area (Å²) in [5, 5.41) is 3.19. The maximum absolute atomic E-state index is 5.99. The van der Waals surface area contributed by atoms with Gasteiger partial charge in [0.2, 0.25) is 0 Å². The highest BCUT2D eigenvalue weighted by molar-refractivity contribution is 7.10. The molecule has 1 aromatic carbocycles. The fourth-order valence-electron chi connectivity index (χ4n) is 2.34. The maximum Gasteiger partial charge on any atom is 0.137 e. The quantitative estimate of drug-likeness (QED) is 0.565. The average molecular weight is 272 g/mol. The molecule has 3 N–H and O–H groups in total. The van der Waals surface area contributed by atoms with Gasteiger partial charge in [-0.25, -0.2) is 5.43 Å². The molecule has 2 heterocycles. The van der Waals surface area contributed by atoms with E-state index in [4.69, 9.17) is 10.3 Å². The van der Waals surface area contributed by atoms with Crippen molar-refractivity contribution in [2.75, 3.05) is 0 Å². The highest BCUT2D eigenvalue weighted by Gasteiger charge is 2.20. The minimum absolute atomic E-state index is 0.0909. The fourth-order valence-corrected chi connectivity index (χ4v) is 3.33. The van der Waals surface area contributed by atoms with E-state index in [-0.39, 0.29) is 6.04 Å². The molecule has 0 bridgehead atoms. The smallest absolute Gasteiger partial charge is 0.137 e. The molecule has 0 aliphatic heterocycles. The number of hydrogen-bond donors (Lipinski definition) is 2. The Morgan fingerprint density at radius 3 is 2.68 bits per heavy atom. The molecule has 2 aromatic heterocycles. The van der Waals surface area contributed by atoms with Gasteiger partial charge in [0.25, 0.3) is 0 Å². The number of thiophene rings is 1. The Balaban J connectivity index is 2.12. The normalized spacial score (nSPS) is 13.0. The van der Waals surface area contributed by atoms with Crippen LogP contribution in [0.3, 0.4) is 0 Å². The first-order valence-electron chi connectivity index (χ1n) is 6.20. The molecule has 98 valence electrons. The second-order valence-electron chi connectivity index (χ2n) is 4.71. The van der Waals surface area contributed by atoms with E-state index < -0.39 is 0 Å². The first-order chi connectivity index (χ1) is 9.20. The largest absolute Gasteiger partial charge is 0.459 e. The van der Waals surface area contributed by atoms with Crippen molar-refractivity contribution in [3.63, 3.8) is 0 Å². The molecule has 0 saturated heterocycles. The number of fused-ring (bicyclic) bond motifs is 1. The van der Waals surface area contributed by atoms with E-state index in [1.54, 1.807) is 11.3 Å². The molecule has 4 heteroatoms. The van der Waals surface area contributed by atoms with Gasteiger partial charge in [0.1, 0.15) is 17.4 Å². The third-order valence-electron chi connectivity index (χ3n) is 3.38. The van der Waals surface area contributed by atoms with Gasteiger partial charge in [-0.05, 0) is 42.5 Å². The first-order valence-corrected chi connectivity index (χ1v) is 7.08. The average Bonchev–Trinajstić information content (AvgIpc) is 2.99. The van der Waals surface area contributed by atoms with Crippen molar-refractivity contribution in [3.8, 4) is 0 Å². The molecule has 19 heavy (non-hydrogen) atoms. The van der Waals surface area contributed by atoms with E-state index in [0.717, 1.165) is 22.3 Å². The maximum atomic E-state index is 5.99. The summed E-state index contributed by atoms with van der Waals surface area (Å²) in [4.78, 5) is 1.19. The molecular formula is C15H16N2OS. The van der Waals surface area contributed by atoms with Gasteiger partial charge in [0.05, 0.1) is 0 Å². The van der Waals surface area contributed by atoms with Crippen molar-refractivity contribution in [1.29, 1.82) is 0 Å². The van der Waals surface area contributed by atoms with Crippen LogP contribution in [0.4, 0.5) is 0 Å². The van der Waals surface area contributed by atoms with Gasteiger partial charge >= 0.3 is 0 Å². The van der Waals surface area contributed by atoms with Crippen LogP contribution in [0.5, 0.6) is 0 Å². The number of furan rings is 1. The van der Waals surface area contributed by atoms with Crippen LogP contribution in [0, 0.1) is 13.8 Å². The molecule has 0 amide bonds. The Morgan fingerprint density at radius 1 is 1.21 bits per heavy atom. The van der Waals surface area contributed by atoms with Crippen LogP contribution in [0.15, 0.2) is 40.1 Å². The minimum atomic E-state index is -0.0909. The third kappa shape index (κ3) is 2.08. The summed E-state index contributed by atoms with van der Waals surface area (Å²) < 4.78 is 5.99. The molecular weight excluding hydrogens is 256 g/mol. The van der Waals surface area contributed by atoms with Crippen molar-refractivity contribution in [1.82, 2.24) is 5.43 Å². The van der Waals surface area contributed by atoms with Crippen LogP contribution in [0.1, 0.15) is 27.8 Å². The van der Waals surface area contributed by atoms with Gasteiger partial charge in [-0.3, -0.25) is 5.84 Å². The van der Waals surface area contributed by atoms with E-state index in [0.29, 0.717) is 0 Å². The Morgan fingerprint density at radius 2 is 2.05 bits per heavy atom.